The molecule has 0 aliphatic rings. The van der Waals surface area contributed by atoms with Crippen LogP contribution >= 0.6 is 11.9 Å². The van der Waals surface area contributed by atoms with Gasteiger partial charge in [-0.25, -0.2) is 9.59 Å². The SMILES string of the molecule is CCOC(=O)CC[C@H](NC(=O)NSc1nc(OC)nc(OC)n1)C(=O)OCC. The Morgan fingerprint density at radius 1 is 1.00 bits per heavy atom. The third kappa shape index (κ3) is 8.24. The normalized spacial score (nSPS) is 11.1. The molecule has 13 heteroatoms. The fraction of sp³-hybridized carbons (Fsp3) is 0.600. The van der Waals surface area contributed by atoms with E-state index in [1.165, 1.54) is 14.2 Å². The smallest absolute Gasteiger partial charge is 0.328 e. The predicted octanol–water partition coefficient (Wildman–Crippen LogP) is 0.470. The molecule has 0 fully saturated rings. The molecule has 0 aromatic carbocycles. The molecule has 0 unspecified atom stereocenters. The molecule has 156 valence electrons. The van der Waals surface area contributed by atoms with Crippen LogP contribution in [-0.4, -0.2) is 66.4 Å². The summed E-state index contributed by atoms with van der Waals surface area (Å²) in [5.74, 6) is -1.13. The molecule has 1 atom stereocenters. The van der Waals surface area contributed by atoms with Crippen LogP contribution in [0.25, 0.3) is 0 Å². The number of carbonyl (C=O) groups excluding carboxylic acids is 3. The summed E-state index contributed by atoms with van der Waals surface area (Å²) in [5, 5.41) is 2.55. The molecule has 2 N–H and O–H groups in total. The Bertz CT molecular complexity index is 654. The van der Waals surface area contributed by atoms with Gasteiger partial charge in [0.1, 0.15) is 6.04 Å². The maximum Gasteiger partial charge on any atom is 0.328 e. The van der Waals surface area contributed by atoms with Gasteiger partial charge in [0.25, 0.3) is 0 Å². The van der Waals surface area contributed by atoms with Gasteiger partial charge in [0.2, 0.25) is 5.16 Å². The molecule has 0 saturated carbocycles. The van der Waals surface area contributed by atoms with Crippen LogP contribution < -0.4 is 19.5 Å². The number of amides is 2. The molecule has 1 rings (SSSR count). The Balaban J connectivity index is 2.66. The molecule has 0 spiro atoms. The van der Waals surface area contributed by atoms with E-state index in [4.69, 9.17) is 18.9 Å². The molecular formula is C15H23N5O7S. The molecule has 2 amide bonds. The lowest BCUT2D eigenvalue weighted by Crippen LogP contribution is -2.45. The summed E-state index contributed by atoms with van der Waals surface area (Å²) in [6, 6.07) is -1.71. The molecule has 0 bridgehead atoms. The highest BCUT2D eigenvalue weighted by atomic mass is 32.2. The summed E-state index contributed by atoms with van der Waals surface area (Å²) in [6.45, 7) is 3.68. The van der Waals surface area contributed by atoms with E-state index in [0.29, 0.717) is 0 Å². The average Bonchev–Trinajstić information content (AvgIpc) is 2.69. The Kier molecular flexibility index (Phi) is 10.4. The van der Waals surface area contributed by atoms with Crippen molar-refractivity contribution in [2.75, 3.05) is 27.4 Å². The number of urea groups is 1. The number of aromatic nitrogens is 3. The number of nitrogens with zero attached hydrogens (tertiary/aromatic N) is 3. The topological polar surface area (TPSA) is 151 Å². The highest BCUT2D eigenvalue weighted by molar-refractivity contribution is 7.97. The summed E-state index contributed by atoms with van der Waals surface area (Å²) >= 11 is 0.759. The van der Waals surface area contributed by atoms with Crippen LogP contribution in [0, 0.1) is 0 Å². The summed E-state index contributed by atoms with van der Waals surface area (Å²) in [6.07, 6.45) is -0.0181. The first kappa shape index (κ1) is 23.2. The van der Waals surface area contributed by atoms with E-state index in [1.807, 2.05) is 0 Å². The van der Waals surface area contributed by atoms with Crippen molar-refractivity contribution in [1.82, 2.24) is 25.0 Å². The summed E-state index contributed by atoms with van der Waals surface area (Å²) in [7, 11) is 2.74. The highest BCUT2D eigenvalue weighted by Gasteiger charge is 2.23. The molecule has 0 aliphatic carbocycles. The molecule has 12 nitrogen and oxygen atoms in total. The highest BCUT2D eigenvalue weighted by Crippen LogP contribution is 2.15. The van der Waals surface area contributed by atoms with Crippen molar-refractivity contribution >= 4 is 29.9 Å². The van der Waals surface area contributed by atoms with E-state index in [9.17, 15) is 14.4 Å². The minimum Gasteiger partial charge on any atom is -0.467 e. The largest absolute Gasteiger partial charge is 0.467 e. The van der Waals surface area contributed by atoms with Gasteiger partial charge in [0.15, 0.2) is 0 Å². The van der Waals surface area contributed by atoms with Gasteiger partial charge in [-0.3, -0.25) is 9.52 Å². The second-order valence-corrected chi connectivity index (χ2v) is 5.69. The van der Waals surface area contributed by atoms with Crippen molar-refractivity contribution in [3.63, 3.8) is 0 Å². The van der Waals surface area contributed by atoms with Crippen LogP contribution in [-0.2, 0) is 19.1 Å². The zero-order chi connectivity index (χ0) is 20.9. The molecule has 1 aromatic heterocycles. The summed E-state index contributed by atoms with van der Waals surface area (Å²) in [4.78, 5) is 47.3. The number of nitrogens with one attached hydrogen (secondary N) is 2. The van der Waals surface area contributed by atoms with Crippen LogP contribution in [0.1, 0.15) is 26.7 Å². The van der Waals surface area contributed by atoms with E-state index in [1.54, 1.807) is 13.8 Å². The molecule has 1 heterocycles. The quantitative estimate of drug-likeness (QED) is 0.382. The average molecular weight is 417 g/mol. The zero-order valence-corrected chi connectivity index (χ0v) is 16.8. The van der Waals surface area contributed by atoms with Crippen molar-refractivity contribution in [1.29, 1.82) is 0 Å². The van der Waals surface area contributed by atoms with Crippen LogP contribution in [0.5, 0.6) is 12.0 Å². The van der Waals surface area contributed by atoms with Gasteiger partial charge in [-0.1, -0.05) is 0 Å². The van der Waals surface area contributed by atoms with E-state index >= 15 is 0 Å². The lowest BCUT2D eigenvalue weighted by Gasteiger charge is -2.17. The third-order valence-corrected chi connectivity index (χ3v) is 3.65. The predicted molar refractivity (Wildman–Crippen MR) is 96.7 cm³/mol. The standard InChI is InChI=1S/C15H23N5O7S/c1-5-26-10(21)8-7-9(11(22)27-6-2)16-12(23)20-28-15-18-13(24-3)17-14(19-15)25-4/h9H,5-8H2,1-4H3,(H2,16,20,23)/t9-/m0/s1. The molecule has 0 aliphatic heterocycles. The van der Waals surface area contributed by atoms with Gasteiger partial charge in [0, 0.05) is 18.4 Å². The Hall–Kier alpha value is -2.83. The van der Waals surface area contributed by atoms with Crippen molar-refractivity contribution in [2.24, 2.45) is 0 Å². The van der Waals surface area contributed by atoms with E-state index in [2.05, 4.69) is 25.0 Å². The number of carbonyl (C=O) groups is 3. The van der Waals surface area contributed by atoms with Crippen LogP contribution in [0.3, 0.4) is 0 Å². The fourth-order valence-electron chi connectivity index (χ4n) is 1.82. The fourth-order valence-corrected chi connectivity index (χ4v) is 2.31. The summed E-state index contributed by atoms with van der Waals surface area (Å²) < 4.78 is 22.0. The second-order valence-electron chi connectivity index (χ2n) is 4.92. The monoisotopic (exact) mass is 417 g/mol. The van der Waals surface area contributed by atoms with E-state index < -0.39 is 24.0 Å². The Morgan fingerprint density at radius 2 is 1.61 bits per heavy atom. The summed E-state index contributed by atoms with van der Waals surface area (Å²) in [5.41, 5.74) is 0. The van der Waals surface area contributed by atoms with Gasteiger partial charge >= 0.3 is 30.0 Å². The number of ether oxygens (including phenoxy) is 4. The number of hydrogen-bond acceptors (Lipinski definition) is 11. The van der Waals surface area contributed by atoms with Gasteiger partial charge < -0.3 is 24.3 Å². The molecular weight excluding hydrogens is 394 g/mol. The molecule has 0 saturated heterocycles. The zero-order valence-electron chi connectivity index (χ0n) is 16.0. The number of methoxy groups -OCH3 is 2. The van der Waals surface area contributed by atoms with Gasteiger partial charge in [-0.2, -0.15) is 9.97 Å². The van der Waals surface area contributed by atoms with Crippen LogP contribution in [0.2, 0.25) is 0 Å². The Labute approximate surface area is 166 Å². The van der Waals surface area contributed by atoms with Gasteiger partial charge in [-0.05, 0) is 20.3 Å². The molecule has 0 radical (unpaired) electrons. The number of hydrogen-bond donors (Lipinski definition) is 2. The Morgan fingerprint density at radius 3 is 2.14 bits per heavy atom. The minimum absolute atomic E-state index is 0.00962. The van der Waals surface area contributed by atoms with E-state index in [-0.39, 0.29) is 43.2 Å². The first-order valence-corrected chi connectivity index (χ1v) is 9.14. The lowest BCUT2D eigenvalue weighted by molar-refractivity contribution is -0.146. The van der Waals surface area contributed by atoms with Gasteiger partial charge in [0.05, 0.1) is 27.4 Å². The van der Waals surface area contributed by atoms with Gasteiger partial charge in [-0.15, -0.1) is 4.98 Å². The first-order chi connectivity index (χ1) is 13.4. The van der Waals surface area contributed by atoms with Crippen molar-refractivity contribution in [3.05, 3.63) is 0 Å². The van der Waals surface area contributed by atoms with Crippen molar-refractivity contribution in [3.8, 4) is 12.0 Å². The molecule has 1 aromatic rings. The maximum absolute atomic E-state index is 12.1. The first-order valence-electron chi connectivity index (χ1n) is 8.33. The number of rotatable bonds is 11. The number of esters is 2. The van der Waals surface area contributed by atoms with Crippen LogP contribution in [0.15, 0.2) is 5.16 Å². The van der Waals surface area contributed by atoms with Crippen molar-refractivity contribution in [2.45, 2.75) is 37.9 Å². The van der Waals surface area contributed by atoms with Crippen LogP contribution in [0.4, 0.5) is 4.79 Å². The lowest BCUT2D eigenvalue weighted by atomic mass is 10.1. The van der Waals surface area contributed by atoms with E-state index in [0.717, 1.165) is 11.9 Å². The van der Waals surface area contributed by atoms with Crippen molar-refractivity contribution < 1.29 is 33.3 Å². The third-order valence-electron chi connectivity index (χ3n) is 2.99. The molecule has 28 heavy (non-hydrogen) atoms. The second kappa shape index (κ2) is 12.5. The minimum atomic E-state index is -1.02. The maximum atomic E-state index is 12.1.